The number of alkyl halides is 1. The molecule has 3 N–H and O–H groups in total. The molecule has 3 heterocycles. The first-order chi connectivity index (χ1) is 27.5. The highest BCUT2D eigenvalue weighted by atomic mass is 32.2. The standard InChI is InChI=1S/C43H51FN6O7S/c1-5-27-23-43(27,41(55)48-58(56,57)30-17-18-30)47-39(53)36-20-29(25-50(36)40(54)33(42(2,3)4)22-37(51)49-19-11-14-28(44)24-49)45-38(52)32-21-35(26-12-7-6-8-13-26)46-34-16-10-9-15-31(32)34/h5-10,12-13,15-16,21,27-30,33,36H,1,11,14,17-20,22-25H2,2-4H3,(H,45,52)(H,47,53)(H,48,55)/t27?,28?,29-,33-,36+,43?/m1/s1. The predicted molar refractivity (Wildman–Crippen MR) is 216 cm³/mol. The Hall–Kier alpha value is -5.18. The molecule has 6 atom stereocenters. The number of pyridine rings is 1. The fourth-order valence-corrected chi connectivity index (χ4v) is 9.62. The van der Waals surface area contributed by atoms with Gasteiger partial charge >= 0.3 is 0 Å². The van der Waals surface area contributed by atoms with Crippen LogP contribution in [0.25, 0.3) is 22.2 Å². The number of aromatic nitrogens is 1. The van der Waals surface area contributed by atoms with E-state index in [-0.39, 0.29) is 38.3 Å². The molecule has 58 heavy (non-hydrogen) atoms. The van der Waals surface area contributed by atoms with Crippen LogP contribution in [0, 0.1) is 17.3 Å². The summed E-state index contributed by atoms with van der Waals surface area (Å²) in [5.41, 5.74) is -0.0199. The van der Waals surface area contributed by atoms with Crippen molar-refractivity contribution in [1.29, 1.82) is 0 Å². The molecule has 7 rings (SSSR count). The summed E-state index contributed by atoms with van der Waals surface area (Å²) in [5, 5.41) is 5.78. The molecule has 2 aromatic carbocycles. The Kier molecular flexibility index (Phi) is 11.2. The highest BCUT2D eigenvalue weighted by Gasteiger charge is 2.62. The number of piperidine rings is 1. The number of rotatable bonds is 12. The molecule has 2 aliphatic heterocycles. The summed E-state index contributed by atoms with van der Waals surface area (Å²) in [4.78, 5) is 78.2. The van der Waals surface area contributed by atoms with E-state index in [1.165, 1.54) is 15.9 Å². The van der Waals surface area contributed by atoms with Crippen LogP contribution in [-0.4, -0.2) is 101 Å². The Morgan fingerprint density at radius 1 is 1.02 bits per heavy atom. The van der Waals surface area contributed by atoms with Crippen molar-refractivity contribution in [3.05, 3.63) is 78.9 Å². The number of nitrogens with one attached hydrogen (secondary N) is 3. The maximum atomic E-state index is 14.8. The summed E-state index contributed by atoms with van der Waals surface area (Å²) in [6.07, 6.45) is 1.95. The quantitative estimate of drug-likeness (QED) is 0.227. The van der Waals surface area contributed by atoms with Gasteiger partial charge in [-0.2, -0.15) is 0 Å². The number of carbonyl (C=O) groups is 5. The van der Waals surface area contributed by atoms with Crippen LogP contribution < -0.4 is 15.4 Å². The Morgan fingerprint density at radius 2 is 1.72 bits per heavy atom. The summed E-state index contributed by atoms with van der Waals surface area (Å²) in [5.74, 6) is -4.37. The molecule has 2 saturated heterocycles. The lowest BCUT2D eigenvalue weighted by Gasteiger charge is -2.37. The average Bonchev–Trinajstić information content (AvgIpc) is 4.12. The molecule has 2 aliphatic carbocycles. The van der Waals surface area contributed by atoms with Crippen molar-refractivity contribution in [2.24, 2.45) is 17.3 Å². The lowest BCUT2D eigenvalue weighted by Crippen LogP contribution is -2.57. The summed E-state index contributed by atoms with van der Waals surface area (Å²) in [6, 6.07) is 16.4. The maximum Gasteiger partial charge on any atom is 0.259 e. The highest BCUT2D eigenvalue weighted by molar-refractivity contribution is 7.91. The van der Waals surface area contributed by atoms with Crippen LogP contribution >= 0.6 is 0 Å². The number of halogens is 1. The molecule has 4 fully saturated rings. The molecule has 308 valence electrons. The SMILES string of the molecule is C=CC1CC1(NC(=O)[C@@H]1C[C@@H](NC(=O)c2cc(-c3ccccc3)nc3ccccc23)CN1C(=O)[C@@H](CC(=O)N1CCCC(F)C1)C(C)(C)C)C(=O)NS(=O)(=O)C1CC1. The molecule has 2 saturated carbocycles. The third kappa shape index (κ3) is 8.50. The third-order valence-electron chi connectivity index (χ3n) is 11.9. The fourth-order valence-electron chi connectivity index (χ4n) is 8.25. The van der Waals surface area contributed by atoms with E-state index in [4.69, 9.17) is 4.98 Å². The smallest absolute Gasteiger partial charge is 0.259 e. The molecule has 0 bridgehead atoms. The zero-order chi connectivity index (χ0) is 41.6. The summed E-state index contributed by atoms with van der Waals surface area (Å²) < 4.78 is 42.0. The monoisotopic (exact) mass is 814 g/mol. The van der Waals surface area contributed by atoms with Crippen LogP contribution in [-0.2, 0) is 29.2 Å². The number of hydrogen-bond acceptors (Lipinski definition) is 8. The van der Waals surface area contributed by atoms with E-state index in [1.807, 2.05) is 63.2 Å². The number of fused-ring (bicyclic) bond motifs is 1. The Bertz CT molecular complexity index is 2240. The van der Waals surface area contributed by atoms with E-state index in [9.17, 15) is 36.8 Å². The van der Waals surface area contributed by atoms with Crippen LogP contribution in [0.3, 0.4) is 0 Å². The molecule has 4 aliphatic rings. The minimum Gasteiger partial charge on any atom is -0.347 e. The van der Waals surface area contributed by atoms with Crippen molar-refractivity contribution in [2.45, 2.75) is 94.8 Å². The second-order valence-corrected chi connectivity index (χ2v) is 19.2. The lowest BCUT2D eigenvalue weighted by molar-refractivity contribution is -0.149. The fraction of sp³-hybridized carbons (Fsp3) is 0.488. The number of nitrogens with zero attached hydrogens (tertiary/aromatic N) is 3. The first-order valence-corrected chi connectivity index (χ1v) is 21.5. The molecular weight excluding hydrogens is 764 g/mol. The molecule has 0 spiro atoms. The molecule has 3 aromatic rings. The molecular formula is C43H51FN6O7S. The zero-order valence-electron chi connectivity index (χ0n) is 33.1. The number of benzene rings is 2. The number of hydrogen-bond donors (Lipinski definition) is 3. The topological polar surface area (TPSA) is 175 Å². The zero-order valence-corrected chi connectivity index (χ0v) is 33.9. The summed E-state index contributed by atoms with van der Waals surface area (Å²) in [7, 11) is -3.94. The molecule has 0 radical (unpaired) electrons. The van der Waals surface area contributed by atoms with Gasteiger partial charge in [0, 0.05) is 42.4 Å². The second kappa shape index (κ2) is 15.9. The average molecular weight is 815 g/mol. The minimum atomic E-state index is -3.94. The van der Waals surface area contributed by atoms with Gasteiger partial charge in [-0.25, -0.2) is 17.8 Å². The minimum absolute atomic E-state index is 0.0326. The molecule has 3 unspecified atom stereocenters. The van der Waals surface area contributed by atoms with E-state index in [0.29, 0.717) is 54.4 Å². The van der Waals surface area contributed by atoms with E-state index in [2.05, 4.69) is 21.9 Å². The van der Waals surface area contributed by atoms with E-state index >= 15 is 0 Å². The van der Waals surface area contributed by atoms with Gasteiger partial charge in [-0.1, -0.05) is 75.4 Å². The van der Waals surface area contributed by atoms with Gasteiger partial charge in [0.15, 0.2) is 0 Å². The van der Waals surface area contributed by atoms with Crippen LogP contribution in [0.2, 0.25) is 0 Å². The van der Waals surface area contributed by atoms with Gasteiger partial charge in [0.1, 0.15) is 17.8 Å². The molecule has 13 nitrogen and oxygen atoms in total. The van der Waals surface area contributed by atoms with Gasteiger partial charge in [-0.05, 0) is 56.1 Å². The second-order valence-electron chi connectivity index (χ2n) is 17.2. The molecule has 15 heteroatoms. The Balaban J connectivity index is 1.18. The van der Waals surface area contributed by atoms with Crippen molar-refractivity contribution in [2.75, 3.05) is 19.6 Å². The Morgan fingerprint density at radius 3 is 2.38 bits per heavy atom. The van der Waals surface area contributed by atoms with Crippen molar-refractivity contribution < 1.29 is 36.8 Å². The van der Waals surface area contributed by atoms with Crippen molar-refractivity contribution >= 4 is 50.5 Å². The summed E-state index contributed by atoms with van der Waals surface area (Å²) in [6.45, 7) is 9.48. The van der Waals surface area contributed by atoms with Gasteiger partial charge in [0.25, 0.3) is 11.8 Å². The molecule has 5 amide bonds. The number of likely N-dealkylation sites (tertiary alicyclic amines) is 2. The highest BCUT2D eigenvalue weighted by Crippen LogP contribution is 2.46. The first-order valence-electron chi connectivity index (χ1n) is 20.0. The van der Waals surface area contributed by atoms with Gasteiger partial charge < -0.3 is 20.4 Å². The number of para-hydroxylation sites is 1. The molecule has 1 aromatic heterocycles. The predicted octanol–water partition coefficient (Wildman–Crippen LogP) is 4.28. The van der Waals surface area contributed by atoms with Crippen molar-refractivity contribution in [3.63, 3.8) is 0 Å². The van der Waals surface area contributed by atoms with Gasteiger partial charge in [0.2, 0.25) is 27.7 Å². The van der Waals surface area contributed by atoms with Gasteiger partial charge in [0.05, 0.1) is 34.5 Å². The number of amides is 5. The maximum absolute atomic E-state index is 14.8. The summed E-state index contributed by atoms with van der Waals surface area (Å²) >= 11 is 0. The largest absolute Gasteiger partial charge is 0.347 e. The Labute approximate surface area is 338 Å². The third-order valence-corrected chi connectivity index (χ3v) is 13.8. The first kappa shape index (κ1) is 41.0. The van der Waals surface area contributed by atoms with Crippen LogP contribution in [0.5, 0.6) is 0 Å². The van der Waals surface area contributed by atoms with Crippen molar-refractivity contribution in [3.8, 4) is 11.3 Å². The normalized spacial score (nSPS) is 25.1. The van der Waals surface area contributed by atoms with Gasteiger partial charge in [-0.3, -0.25) is 28.7 Å². The number of sulfonamides is 1. The van der Waals surface area contributed by atoms with Crippen LogP contribution in [0.15, 0.2) is 73.3 Å². The van der Waals surface area contributed by atoms with Crippen LogP contribution in [0.4, 0.5) is 4.39 Å². The van der Waals surface area contributed by atoms with Crippen molar-refractivity contribution in [1.82, 2.24) is 30.1 Å². The van der Waals surface area contributed by atoms with E-state index in [1.54, 1.807) is 18.2 Å². The van der Waals surface area contributed by atoms with Gasteiger partial charge in [-0.15, -0.1) is 6.58 Å². The lowest BCUT2D eigenvalue weighted by atomic mass is 9.77. The van der Waals surface area contributed by atoms with Crippen LogP contribution in [0.1, 0.15) is 76.1 Å². The van der Waals surface area contributed by atoms with E-state index in [0.717, 1.165) is 5.56 Å². The van der Waals surface area contributed by atoms with E-state index < -0.39 is 79.9 Å². The number of carbonyl (C=O) groups excluding carboxylic acids is 5.